The Kier molecular flexibility index (Phi) is 5.44. The van der Waals surface area contributed by atoms with Crippen LogP contribution in [-0.4, -0.2) is 42.0 Å². The normalized spacial score (nSPS) is 17.3. The molecule has 4 rings (SSSR count). The first-order valence-corrected chi connectivity index (χ1v) is 9.91. The Morgan fingerprint density at radius 3 is 2.86 bits per heavy atom. The third-order valence-corrected chi connectivity index (χ3v) is 5.73. The molecule has 0 aliphatic carbocycles. The second kappa shape index (κ2) is 8.15. The number of benzene rings is 2. The molecule has 0 saturated carbocycles. The van der Waals surface area contributed by atoms with E-state index < -0.39 is 0 Å². The predicted octanol–water partition coefficient (Wildman–Crippen LogP) is 3.76. The molecule has 1 aliphatic rings. The number of hydrogen-bond acceptors (Lipinski definition) is 2. The van der Waals surface area contributed by atoms with Crippen LogP contribution in [0.25, 0.3) is 10.9 Å². The van der Waals surface area contributed by atoms with E-state index in [-0.39, 0.29) is 18.1 Å². The monoisotopic (exact) mass is 379 g/mol. The van der Waals surface area contributed by atoms with E-state index in [1.807, 2.05) is 13.0 Å². The molecule has 0 radical (unpaired) electrons. The Morgan fingerprint density at radius 1 is 1.21 bits per heavy atom. The molecule has 2 N–H and O–H groups in total. The topological polar surface area (TPSA) is 48.1 Å². The maximum Gasteiger partial charge on any atom is 0.224 e. The number of aryl methyl sites for hydroxylation is 1. The molecule has 1 fully saturated rings. The number of nitrogens with one attached hydrogen (secondary N) is 2. The Labute approximate surface area is 164 Å². The molecule has 1 aliphatic heterocycles. The van der Waals surface area contributed by atoms with Crippen LogP contribution >= 0.6 is 0 Å². The van der Waals surface area contributed by atoms with Gasteiger partial charge in [0.1, 0.15) is 5.82 Å². The quantitative estimate of drug-likeness (QED) is 0.685. The van der Waals surface area contributed by atoms with Crippen molar-refractivity contribution in [2.75, 3.05) is 26.2 Å². The highest BCUT2D eigenvalue weighted by Crippen LogP contribution is 2.27. The van der Waals surface area contributed by atoms with Gasteiger partial charge in [0.2, 0.25) is 5.91 Å². The lowest BCUT2D eigenvalue weighted by Gasteiger charge is -2.16. The third-order valence-electron chi connectivity index (χ3n) is 5.73. The second-order valence-electron chi connectivity index (χ2n) is 7.61. The van der Waals surface area contributed by atoms with Crippen LogP contribution in [0.5, 0.6) is 0 Å². The van der Waals surface area contributed by atoms with E-state index in [1.54, 1.807) is 6.07 Å². The van der Waals surface area contributed by atoms with Gasteiger partial charge in [-0.3, -0.25) is 4.79 Å². The summed E-state index contributed by atoms with van der Waals surface area (Å²) in [6.07, 6.45) is 1.43. The van der Waals surface area contributed by atoms with E-state index in [0.29, 0.717) is 18.0 Å². The summed E-state index contributed by atoms with van der Waals surface area (Å²) in [6, 6.07) is 15.6. The van der Waals surface area contributed by atoms with E-state index in [4.69, 9.17) is 0 Å². The number of H-pyrrole nitrogens is 1. The Bertz CT molecular complexity index is 967. The average Bonchev–Trinajstić information content (AvgIpc) is 3.29. The van der Waals surface area contributed by atoms with Crippen molar-refractivity contribution in [1.29, 1.82) is 0 Å². The number of halogens is 1. The van der Waals surface area contributed by atoms with Gasteiger partial charge in [-0.15, -0.1) is 0 Å². The first-order chi connectivity index (χ1) is 13.6. The van der Waals surface area contributed by atoms with Crippen molar-refractivity contribution >= 4 is 16.8 Å². The molecule has 2 aromatic carbocycles. The fourth-order valence-corrected chi connectivity index (χ4v) is 4.20. The van der Waals surface area contributed by atoms with Gasteiger partial charge in [0.05, 0.1) is 11.9 Å². The molecule has 0 bridgehead atoms. The minimum atomic E-state index is -0.283. The summed E-state index contributed by atoms with van der Waals surface area (Å²) < 4.78 is 13.9. The van der Waals surface area contributed by atoms with Crippen LogP contribution in [0.1, 0.15) is 29.2 Å². The Balaban J connectivity index is 1.28. The SMILES string of the molecule is Cc1[nH]c2c(F)cccc2c1CC(=O)NCCN1CCC(c2ccccc2)C1. The van der Waals surface area contributed by atoms with Crippen molar-refractivity contribution in [3.05, 3.63) is 71.2 Å². The number of nitrogens with zero attached hydrogens (tertiary/aromatic N) is 1. The van der Waals surface area contributed by atoms with E-state index in [1.165, 1.54) is 11.6 Å². The van der Waals surface area contributed by atoms with Gasteiger partial charge < -0.3 is 15.2 Å². The van der Waals surface area contributed by atoms with Gasteiger partial charge in [-0.25, -0.2) is 4.39 Å². The molecular weight excluding hydrogens is 353 g/mol. The fraction of sp³-hybridized carbons (Fsp3) is 0.348. The van der Waals surface area contributed by atoms with E-state index in [9.17, 15) is 9.18 Å². The first-order valence-electron chi connectivity index (χ1n) is 9.91. The number of para-hydroxylation sites is 1. The zero-order valence-electron chi connectivity index (χ0n) is 16.2. The molecule has 146 valence electrons. The summed E-state index contributed by atoms with van der Waals surface area (Å²) in [5, 5.41) is 3.81. The van der Waals surface area contributed by atoms with Crippen LogP contribution in [0, 0.1) is 12.7 Å². The number of hydrogen-bond donors (Lipinski definition) is 2. The van der Waals surface area contributed by atoms with Crippen LogP contribution in [0.2, 0.25) is 0 Å². The number of carbonyl (C=O) groups excluding carboxylic acids is 1. The first kappa shape index (κ1) is 18.7. The smallest absolute Gasteiger partial charge is 0.224 e. The van der Waals surface area contributed by atoms with E-state index in [2.05, 4.69) is 45.5 Å². The lowest BCUT2D eigenvalue weighted by molar-refractivity contribution is -0.120. The molecule has 0 spiro atoms. The highest BCUT2D eigenvalue weighted by Gasteiger charge is 2.23. The van der Waals surface area contributed by atoms with Crippen molar-refractivity contribution in [2.45, 2.75) is 25.7 Å². The van der Waals surface area contributed by atoms with Crippen LogP contribution < -0.4 is 5.32 Å². The van der Waals surface area contributed by atoms with Crippen molar-refractivity contribution in [2.24, 2.45) is 0 Å². The molecule has 1 aromatic heterocycles. The third kappa shape index (κ3) is 3.94. The van der Waals surface area contributed by atoms with Crippen LogP contribution in [-0.2, 0) is 11.2 Å². The summed E-state index contributed by atoms with van der Waals surface area (Å²) in [6.45, 7) is 5.49. The zero-order valence-corrected chi connectivity index (χ0v) is 16.2. The number of aromatic nitrogens is 1. The highest BCUT2D eigenvalue weighted by atomic mass is 19.1. The summed E-state index contributed by atoms with van der Waals surface area (Å²) >= 11 is 0. The van der Waals surface area contributed by atoms with Crippen LogP contribution in [0.15, 0.2) is 48.5 Å². The molecule has 5 heteroatoms. The molecule has 3 aromatic rings. The Morgan fingerprint density at radius 2 is 2.04 bits per heavy atom. The maximum absolute atomic E-state index is 13.9. The van der Waals surface area contributed by atoms with Gasteiger partial charge in [0, 0.05) is 30.7 Å². The predicted molar refractivity (Wildman–Crippen MR) is 110 cm³/mol. The summed E-state index contributed by atoms with van der Waals surface area (Å²) in [7, 11) is 0. The van der Waals surface area contributed by atoms with Crippen molar-refractivity contribution in [3.63, 3.8) is 0 Å². The summed E-state index contributed by atoms with van der Waals surface area (Å²) in [5.74, 6) is 0.280. The molecule has 1 saturated heterocycles. The highest BCUT2D eigenvalue weighted by molar-refractivity contribution is 5.90. The number of carbonyl (C=O) groups is 1. The largest absolute Gasteiger partial charge is 0.356 e. The molecule has 1 unspecified atom stereocenters. The van der Waals surface area contributed by atoms with E-state index in [0.717, 1.165) is 42.7 Å². The van der Waals surface area contributed by atoms with E-state index >= 15 is 0 Å². The van der Waals surface area contributed by atoms with Gasteiger partial charge in [-0.05, 0) is 43.0 Å². The molecule has 1 amide bonds. The number of likely N-dealkylation sites (tertiary alicyclic amines) is 1. The molecule has 28 heavy (non-hydrogen) atoms. The van der Waals surface area contributed by atoms with Gasteiger partial charge in [0.25, 0.3) is 0 Å². The summed E-state index contributed by atoms with van der Waals surface area (Å²) in [4.78, 5) is 17.9. The van der Waals surface area contributed by atoms with Gasteiger partial charge in [-0.1, -0.05) is 42.5 Å². The molecule has 2 heterocycles. The number of rotatable bonds is 6. The van der Waals surface area contributed by atoms with Crippen molar-refractivity contribution in [1.82, 2.24) is 15.2 Å². The molecule has 4 nitrogen and oxygen atoms in total. The number of aromatic amines is 1. The number of fused-ring (bicyclic) bond motifs is 1. The van der Waals surface area contributed by atoms with Crippen molar-refractivity contribution < 1.29 is 9.18 Å². The fourth-order valence-electron chi connectivity index (χ4n) is 4.20. The molecule has 1 atom stereocenters. The van der Waals surface area contributed by atoms with Crippen LogP contribution in [0.4, 0.5) is 4.39 Å². The zero-order chi connectivity index (χ0) is 19.5. The van der Waals surface area contributed by atoms with Gasteiger partial charge >= 0.3 is 0 Å². The minimum Gasteiger partial charge on any atom is -0.356 e. The van der Waals surface area contributed by atoms with Crippen LogP contribution in [0.3, 0.4) is 0 Å². The second-order valence-corrected chi connectivity index (χ2v) is 7.61. The lowest BCUT2D eigenvalue weighted by Crippen LogP contribution is -2.34. The minimum absolute atomic E-state index is 0.0212. The average molecular weight is 379 g/mol. The van der Waals surface area contributed by atoms with Crippen molar-refractivity contribution in [3.8, 4) is 0 Å². The summed E-state index contributed by atoms with van der Waals surface area (Å²) in [5.41, 5.74) is 3.60. The maximum atomic E-state index is 13.9. The van der Waals surface area contributed by atoms with Gasteiger partial charge in [-0.2, -0.15) is 0 Å². The standard InChI is InChI=1S/C23H26FN3O/c1-16-20(19-8-5-9-21(24)23(19)26-16)14-22(28)25-11-13-27-12-10-18(15-27)17-6-3-2-4-7-17/h2-9,18,26H,10-15H2,1H3,(H,25,28). The Hall–Kier alpha value is -2.66. The number of amides is 1. The lowest BCUT2D eigenvalue weighted by atomic mass is 9.99. The molecular formula is C23H26FN3O. The van der Waals surface area contributed by atoms with Gasteiger partial charge in [0.15, 0.2) is 0 Å².